The summed E-state index contributed by atoms with van der Waals surface area (Å²) in [5.41, 5.74) is -1.49. The van der Waals surface area contributed by atoms with Crippen LogP contribution in [0, 0.1) is 5.82 Å². The SMILES string of the molecule is CCNC(=NCc1ccc(F)cc1C(F)(F)F)NCC(=O)N(C)CC(F)(F)F. The van der Waals surface area contributed by atoms with E-state index in [-0.39, 0.29) is 18.1 Å². The molecular weight excluding hydrogens is 397 g/mol. The number of rotatable bonds is 6. The molecule has 0 radical (unpaired) electrons. The van der Waals surface area contributed by atoms with Crippen LogP contribution in [0.3, 0.4) is 0 Å². The van der Waals surface area contributed by atoms with Crippen molar-refractivity contribution in [2.24, 2.45) is 4.99 Å². The van der Waals surface area contributed by atoms with Crippen LogP contribution in [0.2, 0.25) is 0 Å². The van der Waals surface area contributed by atoms with E-state index >= 15 is 0 Å². The van der Waals surface area contributed by atoms with Gasteiger partial charge in [-0.1, -0.05) is 6.07 Å². The van der Waals surface area contributed by atoms with Crippen molar-refractivity contribution in [2.45, 2.75) is 25.8 Å². The van der Waals surface area contributed by atoms with Crippen LogP contribution in [0.4, 0.5) is 30.7 Å². The van der Waals surface area contributed by atoms with Gasteiger partial charge in [0.25, 0.3) is 0 Å². The summed E-state index contributed by atoms with van der Waals surface area (Å²) in [5, 5.41) is 5.11. The largest absolute Gasteiger partial charge is 0.416 e. The molecular formula is C16H19F7N4O. The fraction of sp³-hybridized carbons (Fsp3) is 0.500. The number of hydrogen-bond donors (Lipinski definition) is 2. The Labute approximate surface area is 156 Å². The molecule has 28 heavy (non-hydrogen) atoms. The molecule has 1 aromatic rings. The van der Waals surface area contributed by atoms with Crippen molar-refractivity contribution in [2.75, 3.05) is 26.7 Å². The first-order valence-electron chi connectivity index (χ1n) is 8.02. The van der Waals surface area contributed by atoms with Crippen LogP contribution in [0.25, 0.3) is 0 Å². The summed E-state index contributed by atoms with van der Waals surface area (Å²) in [7, 11) is 0.968. The normalized spacial score (nSPS) is 12.7. The van der Waals surface area contributed by atoms with Gasteiger partial charge in [0.1, 0.15) is 12.4 Å². The lowest BCUT2D eigenvalue weighted by Crippen LogP contribution is -2.45. The lowest BCUT2D eigenvalue weighted by molar-refractivity contribution is -0.157. The molecule has 0 aliphatic carbocycles. The molecule has 0 bridgehead atoms. The molecule has 158 valence electrons. The van der Waals surface area contributed by atoms with Crippen molar-refractivity contribution in [1.82, 2.24) is 15.5 Å². The zero-order valence-electron chi connectivity index (χ0n) is 15.0. The number of amides is 1. The maximum Gasteiger partial charge on any atom is 0.416 e. The predicted octanol–water partition coefficient (Wildman–Crippen LogP) is 2.92. The molecule has 1 amide bonds. The molecule has 0 aromatic heterocycles. The van der Waals surface area contributed by atoms with E-state index in [0.29, 0.717) is 11.0 Å². The van der Waals surface area contributed by atoms with E-state index < -0.39 is 49.3 Å². The van der Waals surface area contributed by atoms with Crippen LogP contribution in [0.5, 0.6) is 0 Å². The number of carbonyl (C=O) groups is 1. The quantitative estimate of drug-likeness (QED) is 0.426. The topological polar surface area (TPSA) is 56.7 Å². The second kappa shape index (κ2) is 9.60. The summed E-state index contributed by atoms with van der Waals surface area (Å²) < 4.78 is 89.0. The van der Waals surface area contributed by atoms with Crippen LogP contribution in [-0.2, 0) is 17.5 Å². The maximum absolute atomic E-state index is 13.1. The minimum Gasteiger partial charge on any atom is -0.357 e. The van der Waals surface area contributed by atoms with Crippen molar-refractivity contribution in [3.63, 3.8) is 0 Å². The lowest BCUT2D eigenvalue weighted by atomic mass is 10.1. The number of carbonyl (C=O) groups excluding carboxylic acids is 1. The number of nitrogens with zero attached hydrogens (tertiary/aromatic N) is 2. The van der Waals surface area contributed by atoms with Gasteiger partial charge in [-0.15, -0.1) is 0 Å². The summed E-state index contributed by atoms with van der Waals surface area (Å²) in [6, 6.07) is 2.14. The average Bonchev–Trinajstić information content (AvgIpc) is 2.55. The van der Waals surface area contributed by atoms with Gasteiger partial charge in [0.05, 0.1) is 18.7 Å². The van der Waals surface area contributed by atoms with Gasteiger partial charge in [-0.3, -0.25) is 4.79 Å². The van der Waals surface area contributed by atoms with Crippen molar-refractivity contribution in [1.29, 1.82) is 0 Å². The first-order valence-corrected chi connectivity index (χ1v) is 8.02. The van der Waals surface area contributed by atoms with Crippen molar-refractivity contribution in [3.8, 4) is 0 Å². The number of guanidine groups is 1. The molecule has 12 heteroatoms. The van der Waals surface area contributed by atoms with E-state index in [9.17, 15) is 35.5 Å². The highest BCUT2D eigenvalue weighted by atomic mass is 19.4. The van der Waals surface area contributed by atoms with Crippen LogP contribution >= 0.6 is 0 Å². The highest BCUT2D eigenvalue weighted by molar-refractivity contribution is 5.86. The molecule has 0 saturated heterocycles. The van der Waals surface area contributed by atoms with Gasteiger partial charge in [-0.2, -0.15) is 26.3 Å². The molecule has 0 heterocycles. The Hall–Kier alpha value is -2.53. The number of halogens is 7. The molecule has 0 atom stereocenters. The monoisotopic (exact) mass is 416 g/mol. The molecule has 0 spiro atoms. The Balaban J connectivity index is 2.85. The third-order valence-corrected chi connectivity index (χ3v) is 3.38. The summed E-state index contributed by atoms with van der Waals surface area (Å²) in [5.74, 6) is -2.02. The summed E-state index contributed by atoms with van der Waals surface area (Å²) in [4.78, 5) is 16.0. The highest BCUT2D eigenvalue weighted by Crippen LogP contribution is 2.32. The van der Waals surface area contributed by atoms with Gasteiger partial charge in [-0.25, -0.2) is 9.38 Å². The number of aliphatic imine (C=N–C) groups is 1. The van der Waals surface area contributed by atoms with Crippen LogP contribution in [0.1, 0.15) is 18.1 Å². The summed E-state index contributed by atoms with van der Waals surface area (Å²) in [6.45, 7) is -0.543. The van der Waals surface area contributed by atoms with Gasteiger partial charge < -0.3 is 15.5 Å². The molecule has 1 aromatic carbocycles. The minimum absolute atomic E-state index is 0.0753. The molecule has 0 saturated carbocycles. The lowest BCUT2D eigenvalue weighted by Gasteiger charge is -2.20. The van der Waals surface area contributed by atoms with Crippen molar-refractivity contribution >= 4 is 11.9 Å². The van der Waals surface area contributed by atoms with E-state index in [0.717, 1.165) is 19.2 Å². The predicted molar refractivity (Wildman–Crippen MR) is 87.9 cm³/mol. The van der Waals surface area contributed by atoms with Crippen LogP contribution < -0.4 is 10.6 Å². The second-order valence-electron chi connectivity index (χ2n) is 5.71. The molecule has 1 rings (SSSR count). The number of hydrogen-bond acceptors (Lipinski definition) is 2. The van der Waals surface area contributed by atoms with E-state index in [4.69, 9.17) is 0 Å². The summed E-state index contributed by atoms with van der Waals surface area (Å²) in [6.07, 6.45) is -9.34. The van der Waals surface area contributed by atoms with Gasteiger partial charge in [0.15, 0.2) is 5.96 Å². The van der Waals surface area contributed by atoms with Crippen molar-refractivity contribution in [3.05, 3.63) is 35.1 Å². The minimum atomic E-state index is -4.78. The molecule has 2 N–H and O–H groups in total. The fourth-order valence-electron chi connectivity index (χ4n) is 2.11. The zero-order chi connectivity index (χ0) is 21.5. The first kappa shape index (κ1) is 23.5. The summed E-state index contributed by atoms with van der Waals surface area (Å²) >= 11 is 0. The van der Waals surface area contributed by atoms with E-state index in [1.54, 1.807) is 6.92 Å². The number of alkyl halides is 6. The van der Waals surface area contributed by atoms with E-state index in [1.807, 2.05) is 0 Å². The van der Waals surface area contributed by atoms with Crippen LogP contribution in [-0.4, -0.2) is 49.6 Å². The molecule has 0 fully saturated rings. The molecule has 0 unspecified atom stereocenters. The highest BCUT2D eigenvalue weighted by Gasteiger charge is 2.34. The molecule has 0 aliphatic heterocycles. The number of benzene rings is 1. The number of likely N-dealkylation sites (N-methyl/N-ethyl adjacent to an activating group) is 1. The Bertz CT molecular complexity index is 701. The average molecular weight is 416 g/mol. The third-order valence-electron chi connectivity index (χ3n) is 3.38. The van der Waals surface area contributed by atoms with Gasteiger partial charge in [0, 0.05) is 13.6 Å². The molecule has 0 aliphatic rings. The number of nitrogens with one attached hydrogen (secondary N) is 2. The van der Waals surface area contributed by atoms with Crippen molar-refractivity contribution < 1.29 is 35.5 Å². The first-order chi connectivity index (χ1) is 12.8. The Morgan fingerprint density at radius 3 is 2.32 bits per heavy atom. The van der Waals surface area contributed by atoms with Gasteiger partial charge >= 0.3 is 12.4 Å². The van der Waals surface area contributed by atoms with E-state index in [1.165, 1.54) is 0 Å². The maximum atomic E-state index is 13.1. The van der Waals surface area contributed by atoms with Gasteiger partial charge in [0.2, 0.25) is 5.91 Å². The fourth-order valence-corrected chi connectivity index (χ4v) is 2.11. The van der Waals surface area contributed by atoms with Crippen LogP contribution in [0.15, 0.2) is 23.2 Å². The Morgan fingerprint density at radius 2 is 1.79 bits per heavy atom. The second-order valence-corrected chi connectivity index (χ2v) is 5.71. The Kier molecular flexibility index (Phi) is 8.06. The Morgan fingerprint density at radius 1 is 1.14 bits per heavy atom. The van der Waals surface area contributed by atoms with E-state index in [2.05, 4.69) is 15.6 Å². The third kappa shape index (κ3) is 8.01. The molecule has 5 nitrogen and oxygen atoms in total. The smallest absolute Gasteiger partial charge is 0.357 e. The standard InChI is InChI=1S/C16H19F7N4O/c1-3-24-14(26-8-13(28)27(2)9-15(18,19)20)25-7-10-4-5-11(17)6-12(10)16(21,22)23/h4-6H,3,7-9H2,1-2H3,(H2,24,25,26). The zero-order valence-corrected chi connectivity index (χ0v) is 15.0. The van der Waals surface area contributed by atoms with Gasteiger partial charge in [-0.05, 0) is 24.6 Å².